The summed E-state index contributed by atoms with van der Waals surface area (Å²) >= 11 is 0. The average Bonchev–Trinajstić information content (AvgIpc) is 3.08. The van der Waals surface area contributed by atoms with Gasteiger partial charge in [0, 0.05) is 51.4 Å². The standard InChI is InChI=1S/C18H26N2O4/c21-18(16-2-1-8-23-16)20-6-3-14-12-19(7-11-24-17(14)13-20)15-4-9-22-10-5-15/h1-2,8,14-15,17H,3-7,9-13H2/t14-,17-/m1/s1. The maximum atomic E-state index is 12.5. The SMILES string of the molecule is O=C(c1ccco1)N1CC[C@@H]2CN(C3CCOCC3)CCO[C@@H]2C1. The Labute approximate surface area is 142 Å². The number of likely N-dealkylation sites (tertiary alicyclic amines) is 1. The van der Waals surface area contributed by atoms with E-state index >= 15 is 0 Å². The molecule has 1 amide bonds. The molecule has 2 atom stereocenters. The molecule has 0 aromatic carbocycles. The Balaban J connectivity index is 1.38. The third-order valence-electron chi connectivity index (χ3n) is 5.60. The summed E-state index contributed by atoms with van der Waals surface area (Å²) in [5.41, 5.74) is 0. The van der Waals surface area contributed by atoms with Crippen molar-refractivity contribution >= 4 is 5.91 Å². The molecule has 6 nitrogen and oxygen atoms in total. The fourth-order valence-electron chi connectivity index (χ4n) is 4.20. The van der Waals surface area contributed by atoms with Crippen LogP contribution in [0.5, 0.6) is 0 Å². The van der Waals surface area contributed by atoms with Gasteiger partial charge in [-0.15, -0.1) is 0 Å². The third kappa shape index (κ3) is 3.36. The molecule has 132 valence electrons. The first kappa shape index (κ1) is 16.1. The van der Waals surface area contributed by atoms with E-state index in [0.717, 1.165) is 58.7 Å². The van der Waals surface area contributed by atoms with Crippen LogP contribution in [-0.2, 0) is 9.47 Å². The molecule has 4 heterocycles. The summed E-state index contributed by atoms with van der Waals surface area (Å²) in [6.07, 6.45) is 4.94. The number of carbonyl (C=O) groups is 1. The molecule has 24 heavy (non-hydrogen) atoms. The van der Waals surface area contributed by atoms with Gasteiger partial charge in [-0.2, -0.15) is 0 Å². The average molecular weight is 334 g/mol. The molecule has 0 spiro atoms. The van der Waals surface area contributed by atoms with E-state index in [9.17, 15) is 4.79 Å². The number of piperidine rings is 1. The second kappa shape index (κ2) is 7.25. The van der Waals surface area contributed by atoms with Gasteiger partial charge in [0.15, 0.2) is 5.76 Å². The summed E-state index contributed by atoms with van der Waals surface area (Å²) in [5.74, 6) is 0.912. The molecule has 1 aromatic rings. The number of rotatable bonds is 2. The zero-order chi connectivity index (χ0) is 16.4. The molecule has 1 aromatic heterocycles. The highest BCUT2D eigenvalue weighted by molar-refractivity contribution is 5.91. The van der Waals surface area contributed by atoms with E-state index < -0.39 is 0 Å². The highest BCUT2D eigenvalue weighted by atomic mass is 16.5. The van der Waals surface area contributed by atoms with Gasteiger partial charge in [0.25, 0.3) is 5.91 Å². The Morgan fingerprint density at radius 3 is 2.75 bits per heavy atom. The van der Waals surface area contributed by atoms with E-state index in [1.165, 1.54) is 0 Å². The predicted molar refractivity (Wildman–Crippen MR) is 87.9 cm³/mol. The highest BCUT2D eigenvalue weighted by Gasteiger charge is 2.37. The van der Waals surface area contributed by atoms with Gasteiger partial charge < -0.3 is 18.8 Å². The lowest BCUT2D eigenvalue weighted by molar-refractivity contribution is -0.0181. The van der Waals surface area contributed by atoms with Crippen LogP contribution in [0.1, 0.15) is 29.8 Å². The van der Waals surface area contributed by atoms with E-state index in [-0.39, 0.29) is 12.0 Å². The summed E-state index contributed by atoms with van der Waals surface area (Å²) < 4.78 is 16.9. The second-order valence-electron chi connectivity index (χ2n) is 7.02. The summed E-state index contributed by atoms with van der Waals surface area (Å²) in [6, 6.07) is 4.12. The molecule has 3 aliphatic rings. The van der Waals surface area contributed by atoms with Gasteiger partial charge in [-0.1, -0.05) is 0 Å². The molecule has 4 rings (SSSR count). The van der Waals surface area contributed by atoms with E-state index in [1.807, 2.05) is 4.90 Å². The monoisotopic (exact) mass is 334 g/mol. The molecule has 0 unspecified atom stereocenters. The van der Waals surface area contributed by atoms with Crippen molar-refractivity contribution in [2.75, 3.05) is 46.0 Å². The van der Waals surface area contributed by atoms with Crippen LogP contribution in [0.3, 0.4) is 0 Å². The molecule has 0 aliphatic carbocycles. The Morgan fingerprint density at radius 1 is 1.08 bits per heavy atom. The number of hydrogen-bond donors (Lipinski definition) is 0. The van der Waals surface area contributed by atoms with E-state index in [2.05, 4.69) is 4.90 Å². The van der Waals surface area contributed by atoms with Crippen molar-refractivity contribution in [3.8, 4) is 0 Å². The molecule has 0 bridgehead atoms. The topological polar surface area (TPSA) is 55.2 Å². The Hall–Kier alpha value is -1.37. The zero-order valence-corrected chi connectivity index (χ0v) is 14.1. The third-order valence-corrected chi connectivity index (χ3v) is 5.60. The fourth-order valence-corrected chi connectivity index (χ4v) is 4.20. The molecule has 0 saturated carbocycles. The van der Waals surface area contributed by atoms with Gasteiger partial charge in [0.1, 0.15) is 0 Å². The van der Waals surface area contributed by atoms with Gasteiger partial charge in [-0.25, -0.2) is 0 Å². The number of nitrogens with zero attached hydrogens (tertiary/aromatic N) is 2. The van der Waals surface area contributed by atoms with Crippen LogP contribution in [-0.4, -0.2) is 73.9 Å². The smallest absolute Gasteiger partial charge is 0.289 e. The summed E-state index contributed by atoms with van der Waals surface area (Å²) in [7, 11) is 0. The summed E-state index contributed by atoms with van der Waals surface area (Å²) in [5, 5.41) is 0. The largest absolute Gasteiger partial charge is 0.459 e. The molecular weight excluding hydrogens is 308 g/mol. The van der Waals surface area contributed by atoms with Crippen molar-refractivity contribution in [3.63, 3.8) is 0 Å². The molecule has 3 fully saturated rings. The number of carbonyl (C=O) groups excluding carboxylic acids is 1. The highest BCUT2D eigenvalue weighted by Crippen LogP contribution is 2.27. The predicted octanol–water partition coefficient (Wildman–Crippen LogP) is 1.62. The van der Waals surface area contributed by atoms with Crippen molar-refractivity contribution in [1.82, 2.24) is 9.80 Å². The maximum Gasteiger partial charge on any atom is 0.289 e. The van der Waals surface area contributed by atoms with Crippen LogP contribution in [0.4, 0.5) is 0 Å². The van der Waals surface area contributed by atoms with Crippen molar-refractivity contribution in [1.29, 1.82) is 0 Å². The molecule has 6 heteroatoms. The zero-order valence-electron chi connectivity index (χ0n) is 14.1. The second-order valence-corrected chi connectivity index (χ2v) is 7.02. The number of hydrogen-bond acceptors (Lipinski definition) is 5. The lowest BCUT2D eigenvalue weighted by Crippen LogP contribution is -2.50. The minimum atomic E-state index is -0.0208. The van der Waals surface area contributed by atoms with Crippen molar-refractivity contribution < 1.29 is 18.7 Å². The van der Waals surface area contributed by atoms with E-state index in [0.29, 0.717) is 24.3 Å². The van der Waals surface area contributed by atoms with E-state index in [1.54, 1.807) is 18.4 Å². The minimum absolute atomic E-state index is 0.0208. The van der Waals surface area contributed by atoms with Crippen LogP contribution in [0.2, 0.25) is 0 Å². The maximum absolute atomic E-state index is 12.5. The van der Waals surface area contributed by atoms with E-state index in [4.69, 9.17) is 13.9 Å². The van der Waals surface area contributed by atoms with Crippen molar-refractivity contribution in [3.05, 3.63) is 24.2 Å². The number of fused-ring (bicyclic) bond motifs is 1. The van der Waals surface area contributed by atoms with Gasteiger partial charge in [-0.05, 0) is 31.4 Å². The van der Waals surface area contributed by atoms with Crippen molar-refractivity contribution in [2.24, 2.45) is 5.92 Å². The van der Waals surface area contributed by atoms with Gasteiger partial charge in [-0.3, -0.25) is 9.69 Å². The lowest BCUT2D eigenvalue weighted by Gasteiger charge is -2.39. The Bertz CT molecular complexity index is 541. The van der Waals surface area contributed by atoms with Crippen LogP contribution in [0, 0.1) is 5.92 Å². The summed E-state index contributed by atoms with van der Waals surface area (Å²) in [6.45, 7) is 6.03. The number of ether oxygens (including phenoxy) is 2. The molecule has 0 radical (unpaired) electrons. The van der Waals surface area contributed by atoms with Crippen LogP contribution >= 0.6 is 0 Å². The molecule has 3 aliphatic heterocycles. The quantitative estimate of drug-likeness (QED) is 0.823. The van der Waals surface area contributed by atoms with Crippen molar-refractivity contribution in [2.45, 2.75) is 31.4 Å². The first-order chi connectivity index (χ1) is 11.8. The molecular formula is C18H26N2O4. The first-order valence-electron chi connectivity index (χ1n) is 9.07. The molecule has 3 saturated heterocycles. The van der Waals surface area contributed by atoms with Crippen LogP contribution < -0.4 is 0 Å². The lowest BCUT2D eigenvalue weighted by atomic mass is 9.92. The van der Waals surface area contributed by atoms with Crippen LogP contribution in [0.25, 0.3) is 0 Å². The Morgan fingerprint density at radius 2 is 1.96 bits per heavy atom. The number of amides is 1. The van der Waals surface area contributed by atoms with Crippen LogP contribution in [0.15, 0.2) is 22.8 Å². The first-order valence-corrected chi connectivity index (χ1v) is 9.07. The fraction of sp³-hybridized carbons (Fsp3) is 0.722. The minimum Gasteiger partial charge on any atom is -0.459 e. The number of furan rings is 1. The van der Waals surface area contributed by atoms with Gasteiger partial charge in [0.2, 0.25) is 0 Å². The van der Waals surface area contributed by atoms with Gasteiger partial charge in [0.05, 0.1) is 19.0 Å². The van der Waals surface area contributed by atoms with Gasteiger partial charge >= 0.3 is 0 Å². The molecule has 0 N–H and O–H groups in total. The Kier molecular flexibility index (Phi) is 4.87. The summed E-state index contributed by atoms with van der Waals surface area (Å²) in [4.78, 5) is 17.0. The normalized spacial score (nSPS) is 29.9.